The molecule has 1 aliphatic heterocycles. The first-order valence-electron chi connectivity index (χ1n) is 13.6. The minimum atomic E-state index is -1.87. The SMILES string of the molecule is CC(C)=CC[C@H]1C[C@@]2(CC=C(C)C)C(=O)O[C@@](CC=C(C)C)(C(=O)[C@H]3C(C(C)C)=C(C=O)C[C@]13C)C2=O. The summed E-state index contributed by atoms with van der Waals surface area (Å²) in [5.74, 6) is -2.22. The van der Waals surface area contributed by atoms with Crippen LogP contribution < -0.4 is 0 Å². The number of fused-ring (bicyclic) bond motifs is 3. The van der Waals surface area contributed by atoms with Gasteiger partial charge in [-0.2, -0.15) is 0 Å². The largest absolute Gasteiger partial charge is 0.442 e. The van der Waals surface area contributed by atoms with Crippen LogP contribution >= 0.6 is 0 Å². The molecule has 2 bridgehead atoms. The van der Waals surface area contributed by atoms with Crippen molar-refractivity contribution in [3.63, 3.8) is 0 Å². The van der Waals surface area contributed by atoms with Gasteiger partial charge >= 0.3 is 5.97 Å². The van der Waals surface area contributed by atoms with Gasteiger partial charge in [0.25, 0.3) is 0 Å². The van der Waals surface area contributed by atoms with Gasteiger partial charge in [0.1, 0.15) is 11.7 Å². The van der Waals surface area contributed by atoms with Crippen LogP contribution in [0.15, 0.2) is 46.1 Å². The number of ketones is 2. The maximum atomic E-state index is 14.8. The second-order valence-corrected chi connectivity index (χ2v) is 12.8. The Labute approximate surface area is 222 Å². The third-order valence-corrected chi connectivity index (χ3v) is 8.79. The van der Waals surface area contributed by atoms with Crippen molar-refractivity contribution in [1.82, 2.24) is 0 Å². The summed E-state index contributed by atoms with van der Waals surface area (Å²) in [6.07, 6.45) is 8.40. The lowest BCUT2D eigenvalue weighted by Gasteiger charge is -2.46. The second-order valence-electron chi connectivity index (χ2n) is 12.8. The highest BCUT2D eigenvalue weighted by Gasteiger charge is 2.72. The van der Waals surface area contributed by atoms with E-state index in [0.717, 1.165) is 28.6 Å². The Hall–Kier alpha value is -2.56. The van der Waals surface area contributed by atoms with E-state index in [1.807, 2.05) is 67.5 Å². The highest BCUT2D eigenvalue weighted by molar-refractivity contribution is 6.25. The summed E-state index contributed by atoms with van der Waals surface area (Å²) in [5, 5.41) is 0. The topological polar surface area (TPSA) is 77.5 Å². The Bertz CT molecular complexity index is 1120. The molecule has 0 aromatic rings. The lowest BCUT2D eigenvalue weighted by atomic mass is 9.54. The molecular weight excluding hydrogens is 464 g/mol. The number of hydrogen-bond acceptors (Lipinski definition) is 5. The van der Waals surface area contributed by atoms with Crippen molar-refractivity contribution in [3.05, 3.63) is 46.1 Å². The smallest absolute Gasteiger partial charge is 0.321 e. The third kappa shape index (κ3) is 4.75. The molecule has 0 unspecified atom stereocenters. The summed E-state index contributed by atoms with van der Waals surface area (Å²) in [7, 11) is 0. The molecular formula is C32H44O5. The van der Waals surface area contributed by atoms with E-state index in [4.69, 9.17) is 4.74 Å². The lowest BCUT2D eigenvalue weighted by molar-refractivity contribution is -0.163. The molecule has 0 spiro atoms. The summed E-state index contributed by atoms with van der Waals surface area (Å²) >= 11 is 0. The van der Waals surface area contributed by atoms with Crippen LogP contribution in [-0.4, -0.2) is 29.4 Å². The van der Waals surface area contributed by atoms with E-state index in [-0.39, 0.29) is 30.5 Å². The Morgan fingerprint density at radius 3 is 2.03 bits per heavy atom. The Kier molecular flexibility index (Phi) is 8.08. The molecule has 2 fully saturated rings. The number of carbonyl (C=O) groups excluding carboxylic acids is 4. The van der Waals surface area contributed by atoms with Crippen molar-refractivity contribution < 1.29 is 23.9 Å². The van der Waals surface area contributed by atoms with Crippen molar-refractivity contribution in [2.24, 2.45) is 28.6 Å². The zero-order chi connectivity index (χ0) is 27.9. The quantitative estimate of drug-likeness (QED) is 0.158. The number of ether oxygens (including phenoxy) is 1. The normalized spacial score (nSPS) is 33.0. The van der Waals surface area contributed by atoms with Crippen LogP contribution in [0.2, 0.25) is 0 Å². The zero-order valence-electron chi connectivity index (χ0n) is 24.1. The predicted octanol–water partition coefficient (Wildman–Crippen LogP) is 6.67. The van der Waals surface area contributed by atoms with Gasteiger partial charge < -0.3 is 4.74 Å². The van der Waals surface area contributed by atoms with E-state index in [1.54, 1.807) is 0 Å². The van der Waals surface area contributed by atoms with Crippen LogP contribution in [0, 0.1) is 28.6 Å². The van der Waals surface area contributed by atoms with E-state index < -0.39 is 34.1 Å². The Morgan fingerprint density at radius 2 is 1.51 bits per heavy atom. The molecule has 0 aromatic carbocycles. The molecule has 37 heavy (non-hydrogen) atoms. The summed E-state index contributed by atoms with van der Waals surface area (Å²) in [4.78, 5) is 55.4. The summed E-state index contributed by atoms with van der Waals surface area (Å²) in [6.45, 7) is 17.8. The van der Waals surface area contributed by atoms with E-state index in [2.05, 4.69) is 13.0 Å². The zero-order valence-corrected chi connectivity index (χ0v) is 24.1. The first kappa shape index (κ1) is 29.0. The van der Waals surface area contributed by atoms with Gasteiger partial charge in [0, 0.05) is 6.42 Å². The fourth-order valence-corrected chi connectivity index (χ4v) is 6.75. The van der Waals surface area contributed by atoms with E-state index in [9.17, 15) is 19.2 Å². The molecule has 5 heteroatoms. The summed E-state index contributed by atoms with van der Waals surface area (Å²) in [6, 6.07) is 0. The molecule has 1 saturated carbocycles. The molecule has 1 heterocycles. The molecule has 3 aliphatic rings. The van der Waals surface area contributed by atoms with Crippen molar-refractivity contribution in [1.29, 1.82) is 0 Å². The van der Waals surface area contributed by atoms with Crippen LogP contribution in [0.4, 0.5) is 0 Å². The highest BCUT2D eigenvalue weighted by atomic mass is 16.6. The molecule has 0 radical (unpaired) electrons. The summed E-state index contributed by atoms with van der Waals surface area (Å²) < 4.78 is 6.03. The van der Waals surface area contributed by atoms with Gasteiger partial charge in [-0.3, -0.25) is 19.2 Å². The molecule has 5 atom stereocenters. The number of allylic oxidation sites excluding steroid dienone is 7. The van der Waals surface area contributed by atoms with E-state index in [0.29, 0.717) is 24.8 Å². The molecule has 0 amide bonds. The number of esters is 1. The van der Waals surface area contributed by atoms with Crippen LogP contribution in [0.3, 0.4) is 0 Å². The van der Waals surface area contributed by atoms with Crippen molar-refractivity contribution in [3.8, 4) is 0 Å². The average molecular weight is 509 g/mol. The number of Topliss-reactive ketones (excluding diaryl/α,β-unsaturated/α-hetero) is 2. The van der Waals surface area contributed by atoms with Crippen LogP contribution in [0.25, 0.3) is 0 Å². The minimum absolute atomic E-state index is 0.0301. The van der Waals surface area contributed by atoms with Gasteiger partial charge in [-0.05, 0) is 95.6 Å². The van der Waals surface area contributed by atoms with Gasteiger partial charge in [-0.25, -0.2) is 0 Å². The maximum Gasteiger partial charge on any atom is 0.321 e. The maximum absolute atomic E-state index is 14.8. The van der Waals surface area contributed by atoms with Gasteiger partial charge in [0.15, 0.2) is 5.78 Å². The molecule has 202 valence electrons. The van der Waals surface area contributed by atoms with E-state index in [1.165, 1.54) is 0 Å². The minimum Gasteiger partial charge on any atom is -0.442 e. The van der Waals surface area contributed by atoms with Crippen molar-refractivity contribution in [2.45, 2.75) is 100 Å². The average Bonchev–Trinajstić information content (AvgIpc) is 3.23. The summed E-state index contributed by atoms with van der Waals surface area (Å²) in [5.41, 5.74) is 0.644. The van der Waals surface area contributed by atoms with Crippen LogP contribution in [0.5, 0.6) is 0 Å². The molecule has 0 aromatic heterocycles. The highest BCUT2D eigenvalue weighted by Crippen LogP contribution is 2.62. The second kappa shape index (κ2) is 10.3. The van der Waals surface area contributed by atoms with Crippen LogP contribution in [-0.2, 0) is 23.9 Å². The number of carbonyl (C=O) groups is 4. The van der Waals surface area contributed by atoms with Crippen LogP contribution in [0.1, 0.15) is 94.4 Å². The number of hydrogen-bond donors (Lipinski definition) is 0. The Morgan fingerprint density at radius 1 is 0.946 bits per heavy atom. The fraction of sp³-hybridized carbons (Fsp3) is 0.625. The molecule has 5 nitrogen and oxygen atoms in total. The van der Waals surface area contributed by atoms with Gasteiger partial charge in [-0.15, -0.1) is 0 Å². The lowest BCUT2D eigenvalue weighted by Crippen LogP contribution is -2.57. The third-order valence-electron chi connectivity index (χ3n) is 8.79. The van der Waals surface area contributed by atoms with Crippen molar-refractivity contribution in [2.75, 3.05) is 0 Å². The molecule has 2 aliphatic carbocycles. The number of aldehydes is 1. The standard InChI is InChI=1S/C32H44O5/c1-19(2)10-11-24-17-31(14-12-20(3)4)28(35)32(37-29(31)36,15-13-21(5)6)27(34)26-25(22(7)8)23(18-33)16-30(24,26)9/h10,12-13,18,22,24,26H,11,14-17H2,1-9H3/t24-,26+,30+,31+,32-/m0/s1. The van der Waals surface area contributed by atoms with Gasteiger partial charge in [-0.1, -0.05) is 55.7 Å². The fourth-order valence-electron chi connectivity index (χ4n) is 6.75. The van der Waals surface area contributed by atoms with Gasteiger partial charge in [0.2, 0.25) is 11.4 Å². The monoisotopic (exact) mass is 508 g/mol. The molecule has 0 N–H and O–H groups in total. The molecule has 3 rings (SSSR count). The van der Waals surface area contributed by atoms with Gasteiger partial charge in [0.05, 0.1) is 5.92 Å². The predicted molar refractivity (Wildman–Crippen MR) is 146 cm³/mol. The van der Waals surface area contributed by atoms with Crippen molar-refractivity contribution >= 4 is 23.8 Å². The first-order chi connectivity index (χ1) is 17.2. The number of rotatable bonds is 8. The van der Waals surface area contributed by atoms with E-state index >= 15 is 0 Å². The molecule has 1 saturated heterocycles. The first-order valence-corrected chi connectivity index (χ1v) is 13.6. The Balaban J connectivity index is 2.37.